The van der Waals surface area contributed by atoms with E-state index in [0.717, 1.165) is 17.3 Å². The molecular formula is C23H20ClN3O4S2. The summed E-state index contributed by atoms with van der Waals surface area (Å²) in [6, 6.07) is 10.4. The Balaban J connectivity index is 1.77. The molecule has 1 aliphatic rings. The van der Waals surface area contributed by atoms with E-state index in [1.807, 2.05) is 6.92 Å². The smallest absolute Gasteiger partial charge is 0.269 e. The number of hydrogen-bond acceptors (Lipinski definition) is 7. The van der Waals surface area contributed by atoms with Gasteiger partial charge in [0.1, 0.15) is 21.3 Å². The SMILES string of the molecule is COCCCN1C(=O)/C(=C\c2c(Oc3ccc(Cl)c(C)c3)nc3ccccn3c2=O)SC1=S. The number of carbonyl (C=O) groups excluding carboxylic acids is 1. The predicted molar refractivity (Wildman–Crippen MR) is 134 cm³/mol. The van der Waals surface area contributed by atoms with Gasteiger partial charge in [-0.05, 0) is 55.3 Å². The molecular weight excluding hydrogens is 482 g/mol. The van der Waals surface area contributed by atoms with Crippen LogP contribution in [0.4, 0.5) is 0 Å². The van der Waals surface area contributed by atoms with E-state index in [1.165, 1.54) is 15.4 Å². The average molecular weight is 502 g/mol. The second-order valence-corrected chi connectivity index (χ2v) is 9.34. The Morgan fingerprint density at radius 3 is 2.82 bits per heavy atom. The first-order valence-corrected chi connectivity index (χ1v) is 11.7. The van der Waals surface area contributed by atoms with E-state index >= 15 is 0 Å². The van der Waals surface area contributed by atoms with Crippen LogP contribution in [0.2, 0.25) is 5.02 Å². The number of rotatable bonds is 7. The van der Waals surface area contributed by atoms with Gasteiger partial charge in [-0.1, -0.05) is 41.6 Å². The van der Waals surface area contributed by atoms with Crippen molar-refractivity contribution in [3.63, 3.8) is 0 Å². The lowest BCUT2D eigenvalue weighted by molar-refractivity contribution is -0.122. The number of benzene rings is 1. The third-order valence-corrected chi connectivity index (χ3v) is 6.76. The van der Waals surface area contributed by atoms with Crippen LogP contribution < -0.4 is 10.3 Å². The van der Waals surface area contributed by atoms with Gasteiger partial charge in [-0.2, -0.15) is 4.98 Å². The van der Waals surface area contributed by atoms with Crippen LogP contribution >= 0.6 is 35.6 Å². The number of aryl methyl sites for hydroxylation is 1. The van der Waals surface area contributed by atoms with Crippen LogP contribution in [0.5, 0.6) is 11.6 Å². The molecule has 1 saturated heterocycles. The van der Waals surface area contributed by atoms with Crippen molar-refractivity contribution in [2.75, 3.05) is 20.3 Å². The number of halogens is 1. The van der Waals surface area contributed by atoms with Crippen LogP contribution in [-0.4, -0.2) is 44.8 Å². The highest BCUT2D eigenvalue weighted by molar-refractivity contribution is 8.26. The molecule has 3 heterocycles. The van der Waals surface area contributed by atoms with Crippen molar-refractivity contribution in [1.29, 1.82) is 0 Å². The minimum absolute atomic E-state index is 0.0950. The molecule has 1 aromatic carbocycles. The fraction of sp³-hybridized carbons (Fsp3) is 0.217. The minimum Gasteiger partial charge on any atom is -0.438 e. The number of fused-ring (bicyclic) bond motifs is 1. The number of aromatic nitrogens is 2. The van der Waals surface area contributed by atoms with Crippen molar-refractivity contribution in [1.82, 2.24) is 14.3 Å². The van der Waals surface area contributed by atoms with E-state index in [-0.39, 0.29) is 22.9 Å². The lowest BCUT2D eigenvalue weighted by Gasteiger charge is -2.13. The van der Waals surface area contributed by atoms with Gasteiger partial charge in [0.15, 0.2) is 0 Å². The zero-order chi connectivity index (χ0) is 23.5. The highest BCUT2D eigenvalue weighted by atomic mass is 35.5. The lowest BCUT2D eigenvalue weighted by atomic mass is 10.2. The summed E-state index contributed by atoms with van der Waals surface area (Å²) in [6.07, 6.45) is 3.78. The molecule has 0 atom stereocenters. The highest BCUT2D eigenvalue weighted by Gasteiger charge is 2.32. The maximum atomic E-state index is 13.3. The van der Waals surface area contributed by atoms with Crippen molar-refractivity contribution >= 4 is 57.5 Å². The monoisotopic (exact) mass is 501 g/mol. The zero-order valence-electron chi connectivity index (χ0n) is 17.9. The predicted octanol–water partition coefficient (Wildman–Crippen LogP) is 4.69. The molecule has 0 unspecified atom stereocenters. The van der Waals surface area contributed by atoms with Gasteiger partial charge in [-0.3, -0.25) is 18.9 Å². The fourth-order valence-electron chi connectivity index (χ4n) is 3.27. The van der Waals surface area contributed by atoms with E-state index in [4.69, 9.17) is 33.3 Å². The van der Waals surface area contributed by atoms with Crippen LogP contribution in [0, 0.1) is 6.92 Å². The molecule has 0 radical (unpaired) electrons. The van der Waals surface area contributed by atoms with Gasteiger partial charge in [0, 0.05) is 31.5 Å². The Labute approximate surface area is 205 Å². The second kappa shape index (κ2) is 10.0. The minimum atomic E-state index is -0.356. The van der Waals surface area contributed by atoms with Crippen molar-refractivity contribution in [2.45, 2.75) is 13.3 Å². The molecule has 0 N–H and O–H groups in total. The topological polar surface area (TPSA) is 73.1 Å². The Kier molecular flexibility index (Phi) is 7.14. The van der Waals surface area contributed by atoms with Gasteiger partial charge < -0.3 is 9.47 Å². The summed E-state index contributed by atoms with van der Waals surface area (Å²) in [6.45, 7) is 2.82. The maximum Gasteiger partial charge on any atom is 0.269 e. The van der Waals surface area contributed by atoms with Crippen molar-refractivity contribution in [2.24, 2.45) is 0 Å². The number of methoxy groups -OCH3 is 1. The van der Waals surface area contributed by atoms with E-state index in [2.05, 4.69) is 4.98 Å². The van der Waals surface area contributed by atoms with Gasteiger partial charge in [-0.15, -0.1) is 0 Å². The molecule has 3 aromatic rings. The standard InChI is InChI=1S/C23H20ClN3O4S2/c1-14-12-15(7-8-17(14)24)31-20-16(21(28)26-9-4-3-6-19(26)25-20)13-18-22(29)27(23(32)33-18)10-5-11-30-2/h3-4,6-9,12-13H,5,10-11H2,1-2H3/b18-13+. The normalized spacial score (nSPS) is 15.1. The highest BCUT2D eigenvalue weighted by Crippen LogP contribution is 2.34. The first-order chi connectivity index (χ1) is 15.9. The summed E-state index contributed by atoms with van der Waals surface area (Å²) < 4.78 is 12.9. The molecule has 2 aromatic heterocycles. The van der Waals surface area contributed by atoms with Crippen LogP contribution in [0.15, 0.2) is 52.3 Å². The number of carbonyl (C=O) groups is 1. The Morgan fingerprint density at radius 2 is 2.06 bits per heavy atom. The molecule has 33 heavy (non-hydrogen) atoms. The van der Waals surface area contributed by atoms with Crippen molar-refractivity contribution in [3.8, 4) is 11.6 Å². The fourth-order valence-corrected chi connectivity index (χ4v) is 4.67. The number of nitrogens with zero attached hydrogens (tertiary/aromatic N) is 3. The maximum absolute atomic E-state index is 13.3. The van der Waals surface area contributed by atoms with Crippen LogP contribution in [0.3, 0.4) is 0 Å². The summed E-state index contributed by atoms with van der Waals surface area (Å²) in [5.41, 5.74) is 1.05. The Hall–Kier alpha value is -2.72. The molecule has 0 bridgehead atoms. The summed E-state index contributed by atoms with van der Waals surface area (Å²) in [4.78, 5) is 32.7. The molecule has 170 valence electrons. The molecule has 1 fully saturated rings. The summed E-state index contributed by atoms with van der Waals surface area (Å²) >= 11 is 12.6. The molecule has 1 amide bonds. The molecule has 0 aliphatic carbocycles. The third kappa shape index (κ3) is 4.96. The van der Waals surface area contributed by atoms with Gasteiger partial charge in [0.25, 0.3) is 11.5 Å². The molecule has 10 heteroatoms. The largest absolute Gasteiger partial charge is 0.438 e. The molecule has 4 rings (SSSR count). The van der Waals surface area contributed by atoms with Gasteiger partial charge >= 0.3 is 0 Å². The molecule has 0 saturated carbocycles. The number of pyridine rings is 1. The van der Waals surface area contributed by atoms with E-state index < -0.39 is 0 Å². The molecule has 7 nitrogen and oxygen atoms in total. The summed E-state index contributed by atoms with van der Waals surface area (Å²) in [5, 5.41) is 0.603. The second-order valence-electron chi connectivity index (χ2n) is 7.26. The van der Waals surface area contributed by atoms with Gasteiger partial charge in [0.05, 0.1) is 4.91 Å². The Bertz CT molecular complexity index is 1340. The van der Waals surface area contributed by atoms with Crippen LogP contribution in [-0.2, 0) is 9.53 Å². The van der Waals surface area contributed by atoms with E-state index in [0.29, 0.717) is 45.2 Å². The molecule has 1 aliphatic heterocycles. The number of hydrogen-bond donors (Lipinski definition) is 0. The molecule has 0 spiro atoms. The van der Waals surface area contributed by atoms with E-state index in [1.54, 1.807) is 49.7 Å². The quantitative estimate of drug-likeness (QED) is 0.264. The third-order valence-electron chi connectivity index (χ3n) is 4.96. The number of thioether (sulfide) groups is 1. The van der Waals surface area contributed by atoms with E-state index in [9.17, 15) is 9.59 Å². The van der Waals surface area contributed by atoms with Crippen molar-refractivity contribution < 1.29 is 14.3 Å². The van der Waals surface area contributed by atoms with Gasteiger partial charge in [0.2, 0.25) is 5.88 Å². The number of thiocarbonyl (C=S) groups is 1. The zero-order valence-corrected chi connectivity index (χ0v) is 20.3. The Morgan fingerprint density at radius 1 is 1.24 bits per heavy atom. The first-order valence-electron chi connectivity index (χ1n) is 10.1. The van der Waals surface area contributed by atoms with Crippen LogP contribution in [0.1, 0.15) is 17.5 Å². The number of amides is 1. The van der Waals surface area contributed by atoms with Crippen molar-refractivity contribution in [3.05, 3.63) is 74.0 Å². The summed E-state index contributed by atoms with van der Waals surface area (Å²) in [7, 11) is 1.61. The first kappa shape index (κ1) is 23.4. The average Bonchev–Trinajstić information content (AvgIpc) is 3.06. The summed E-state index contributed by atoms with van der Waals surface area (Å²) in [5.74, 6) is 0.315. The lowest BCUT2D eigenvalue weighted by Crippen LogP contribution is -2.29. The van der Waals surface area contributed by atoms with Gasteiger partial charge in [-0.25, -0.2) is 0 Å². The van der Waals surface area contributed by atoms with Crippen LogP contribution in [0.25, 0.3) is 11.7 Å². The number of ether oxygens (including phenoxy) is 2.